The molecule has 1 aliphatic heterocycles. The number of hydrogen-bond acceptors (Lipinski definition) is 5. The van der Waals surface area contributed by atoms with Crippen LogP contribution in [0, 0.1) is 20.8 Å². The third-order valence-corrected chi connectivity index (χ3v) is 6.40. The normalized spacial score (nSPS) is 14.4. The van der Waals surface area contributed by atoms with Gasteiger partial charge in [-0.25, -0.2) is 17.7 Å². The van der Waals surface area contributed by atoms with Crippen LogP contribution in [-0.2, 0) is 16.4 Å². The molecule has 0 amide bonds. The summed E-state index contributed by atoms with van der Waals surface area (Å²) in [5.41, 5.74) is 3.21. The molecule has 0 spiro atoms. The molecule has 1 aromatic carbocycles. The summed E-state index contributed by atoms with van der Waals surface area (Å²) >= 11 is 0. The lowest BCUT2D eigenvalue weighted by Crippen LogP contribution is -2.30. The summed E-state index contributed by atoms with van der Waals surface area (Å²) in [6, 6.07) is 8.04. The number of aryl methyl sites for hydroxylation is 3. The fraction of sp³-hybridized carbons (Fsp3) is 0.294. The molecule has 0 atom stereocenters. The largest absolute Gasteiger partial charge is 0.360 e. The van der Waals surface area contributed by atoms with Crippen LogP contribution in [0.1, 0.15) is 22.6 Å². The van der Waals surface area contributed by atoms with Crippen LogP contribution in [0.25, 0.3) is 10.9 Å². The smallest absolute Gasteiger partial charge is 0.270 e. The Morgan fingerprint density at radius 1 is 1.17 bits per heavy atom. The molecule has 4 rings (SSSR count). The van der Waals surface area contributed by atoms with E-state index in [1.165, 1.54) is 4.31 Å². The van der Waals surface area contributed by atoms with Gasteiger partial charge in [0, 0.05) is 11.9 Å². The highest BCUT2D eigenvalue weighted by Crippen LogP contribution is 2.35. The molecular formula is C17H17N3O3S. The first-order valence-corrected chi connectivity index (χ1v) is 9.18. The fourth-order valence-electron chi connectivity index (χ4n) is 3.23. The van der Waals surface area contributed by atoms with Gasteiger partial charge in [0.1, 0.15) is 11.5 Å². The van der Waals surface area contributed by atoms with Gasteiger partial charge in [-0.05, 0) is 50.5 Å². The number of pyridine rings is 1. The molecule has 2 aromatic heterocycles. The number of benzene rings is 1. The maximum atomic E-state index is 13.1. The van der Waals surface area contributed by atoms with Crippen LogP contribution in [0.4, 0.5) is 5.82 Å². The number of anilines is 1. The molecule has 124 valence electrons. The SMILES string of the molecule is Cc1ccc2cc3c(nc2c1)N(S(=O)(=O)c1c(C)noc1C)CC3. The minimum atomic E-state index is -3.73. The zero-order valence-corrected chi connectivity index (χ0v) is 14.5. The van der Waals surface area contributed by atoms with Crippen LogP contribution in [0.5, 0.6) is 0 Å². The van der Waals surface area contributed by atoms with Crippen molar-refractivity contribution in [1.29, 1.82) is 0 Å². The van der Waals surface area contributed by atoms with E-state index < -0.39 is 10.0 Å². The Morgan fingerprint density at radius 3 is 2.67 bits per heavy atom. The number of aromatic nitrogens is 2. The summed E-state index contributed by atoms with van der Waals surface area (Å²) in [6.07, 6.45) is 0.648. The molecule has 0 radical (unpaired) electrons. The summed E-state index contributed by atoms with van der Waals surface area (Å²) in [5, 5.41) is 4.79. The molecule has 3 aromatic rings. The number of fused-ring (bicyclic) bond motifs is 2. The van der Waals surface area contributed by atoms with Crippen LogP contribution in [0.15, 0.2) is 33.7 Å². The van der Waals surface area contributed by atoms with Crippen LogP contribution in [0.3, 0.4) is 0 Å². The lowest BCUT2D eigenvalue weighted by atomic mass is 10.1. The number of nitrogens with zero attached hydrogens (tertiary/aromatic N) is 3. The van der Waals surface area contributed by atoms with Crippen molar-refractivity contribution in [2.24, 2.45) is 0 Å². The number of sulfonamides is 1. The van der Waals surface area contributed by atoms with Gasteiger partial charge in [-0.1, -0.05) is 17.3 Å². The predicted octanol–water partition coefficient (Wildman–Crippen LogP) is 2.90. The van der Waals surface area contributed by atoms with Crippen molar-refractivity contribution in [2.75, 3.05) is 10.8 Å². The first kappa shape index (κ1) is 15.1. The molecule has 0 saturated carbocycles. The van der Waals surface area contributed by atoms with Crippen molar-refractivity contribution in [3.63, 3.8) is 0 Å². The average molecular weight is 343 g/mol. The quantitative estimate of drug-likeness (QED) is 0.715. The second-order valence-corrected chi connectivity index (χ2v) is 7.95. The molecule has 24 heavy (non-hydrogen) atoms. The molecule has 1 aliphatic rings. The van der Waals surface area contributed by atoms with Crippen LogP contribution in [0.2, 0.25) is 0 Å². The highest BCUT2D eigenvalue weighted by Gasteiger charge is 2.36. The van der Waals surface area contributed by atoms with Crippen molar-refractivity contribution in [3.05, 3.63) is 46.8 Å². The lowest BCUT2D eigenvalue weighted by molar-refractivity contribution is 0.390. The Balaban J connectivity index is 1.89. The fourth-order valence-corrected chi connectivity index (χ4v) is 4.97. The third kappa shape index (κ3) is 2.11. The van der Waals surface area contributed by atoms with Gasteiger partial charge in [-0.2, -0.15) is 0 Å². The molecule has 3 heterocycles. The zero-order chi connectivity index (χ0) is 17.1. The first-order valence-electron chi connectivity index (χ1n) is 7.74. The molecule has 0 bridgehead atoms. The summed E-state index contributed by atoms with van der Waals surface area (Å²) in [6.45, 7) is 5.62. The molecule has 0 N–H and O–H groups in total. The van der Waals surface area contributed by atoms with E-state index in [-0.39, 0.29) is 4.90 Å². The van der Waals surface area contributed by atoms with Gasteiger partial charge >= 0.3 is 0 Å². The van der Waals surface area contributed by atoms with Gasteiger partial charge in [0.15, 0.2) is 10.7 Å². The Hall–Kier alpha value is -2.41. The van der Waals surface area contributed by atoms with Gasteiger partial charge in [0.05, 0.1) is 5.52 Å². The highest BCUT2D eigenvalue weighted by atomic mass is 32.2. The van der Waals surface area contributed by atoms with Gasteiger partial charge in [-0.3, -0.25) is 0 Å². The number of rotatable bonds is 2. The topological polar surface area (TPSA) is 76.3 Å². The zero-order valence-electron chi connectivity index (χ0n) is 13.7. The molecule has 0 unspecified atom stereocenters. The van der Waals surface area contributed by atoms with Crippen molar-refractivity contribution in [2.45, 2.75) is 32.1 Å². The van der Waals surface area contributed by atoms with E-state index in [0.717, 1.165) is 22.0 Å². The molecule has 0 fully saturated rings. The summed E-state index contributed by atoms with van der Waals surface area (Å²) in [5.74, 6) is 0.811. The first-order chi connectivity index (χ1) is 11.4. The van der Waals surface area contributed by atoms with Gasteiger partial charge in [0.2, 0.25) is 0 Å². The van der Waals surface area contributed by atoms with E-state index in [1.807, 2.05) is 31.2 Å². The molecule has 6 nitrogen and oxygen atoms in total. The minimum Gasteiger partial charge on any atom is -0.360 e. The van der Waals surface area contributed by atoms with E-state index in [2.05, 4.69) is 10.1 Å². The van der Waals surface area contributed by atoms with Crippen molar-refractivity contribution in [1.82, 2.24) is 10.1 Å². The van der Waals surface area contributed by atoms with E-state index in [1.54, 1.807) is 13.8 Å². The summed E-state index contributed by atoms with van der Waals surface area (Å²) < 4.78 is 32.6. The van der Waals surface area contributed by atoms with E-state index in [4.69, 9.17) is 4.52 Å². The second-order valence-electron chi connectivity index (χ2n) is 6.15. The third-order valence-electron chi connectivity index (χ3n) is 4.37. The Morgan fingerprint density at radius 2 is 1.96 bits per heavy atom. The van der Waals surface area contributed by atoms with Crippen molar-refractivity contribution < 1.29 is 12.9 Å². The van der Waals surface area contributed by atoms with Crippen LogP contribution in [-0.4, -0.2) is 25.1 Å². The maximum Gasteiger partial charge on any atom is 0.270 e. The van der Waals surface area contributed by atoms with Crippen LogP contribution < -0.4 is 4.31 Å². The molecule has 7 heteroatoms. The highest BCUT2D eigenvalue weighted by molar-refractivity contribution is 7.93. The van der Waals surface area contributed by atoms with Gasteiger partial charge in [-0.15, -0.1) is 0 Å². The monoisotopic (exact) mass is 343 g/mol. The van der Waals surface area contributed by atoms with Crippen molar-refractivity contribution >= 4 is 26.7 Å². The van der Waals surface area contributed by atoms with Crippen LogP contribution >= 0.6 is 0 Å². The average Bonchev–Trinajstić information content (AvgIpc) is 3.08. The van der Waals surface area contributed by atoms with Gasteiger partial charge in [0.25, 0.3) is 10.0 Å². The van der Waals surface area contributed by atoms with E-state index in [0.29, 0.717) is 30.2 Å². The maximum absolute atomic E-state index is 13.1. The Bertz CT molecular complexity index is 1050. The predicted molar refractivity (Wildman–Crippen MR) is 90.7 cm³/mol. The van der Waals surface area contributed by atoms with E-state index in [9.17, 15) is 8.42 Å². The molecule has 0 saturated heterocycles. The standard InChI is InChI=1S/C17H17N3O3S/c1-10-4-5-13-9-14-6-7-20(17(14)18-15(13)8-10)24(21,22)16-11(2)19-23-12(16)3/h4-5,8-9H,6-7H2,1-3H3. The molecular weight excluding hydrogens is 326 g/mol. The second kappa shape index (κ2) is 5.04. The van der Waals surface area contributed by atoms with Gasteiger partial charge < -0.3 is 4.52 Å². The number of hydrogen-bond donors (Lipinski definition) is 0. The Kier molecular flexibility index (Phi) is 3.18. The lowest BCUT2D eigenvalue weighted by Gasteiger charge is -2.18. The van der Waals surface area contributed by atoms with E-state index >= 15 is 0 Å². The molecule has 0 aliphatic carbocycles. The van der Waals surface area contributed by atoms with Crippen molar-refractivity contribution in [3.8, 4) is 0 Å². The minimum absolute atomic E-state index is 0.140. The summed E-state index contributed by atoms with van der Waals surface area (Å²) in [4.78, 5) is 4.77. The Labute approximate surface area is 140 Å². The summed E-state index contributed by atoms with van der Waals surface area (Å²) in [7, 11) is -3.73.